The van der Waals surface area contributed by atoms with Crippen LogP contribution in [0, 0.1) is 17.7 Å². The maximum absolute atomic E-state index is 13.2. The maximum atomic E-state index is 13.2. The lowest BCUT2D eigenvalue weighted by Gasteiger charge is -2.41. The van der Waals surface area contributed by atoms with Crippen LogP contribution in [-0.4, -0.2) is 29.1 Å². The van der Waals surface area contributed by atoms with Gasteiger partial charge in [0.15, 0.2) is 0 Å². The molecule has 0 amide bonds. The Hall–Kier alpha value is -1.42. The number of halogens is 1. The number of carboxylic acids is 1. The Morgan fingerprint density at radius 3 is 2.76 bits per heavy atom. The molecule has 1 saturated carbocycles. The van der Waals surface area contributed by atoms with Crippen LogP contribution in [0.2, 0.25) is 0 Å². The largest absolute Gasteiger partial charge is 0.478 e. The summed E-state index contributed by atoms with van der Waals surface area (Å²) in [6.45, 7) is 2.70. The minimum Gasteiger partial charge on any atom is -0.478 e. The lowest BCUT2D eigenvalue weighted by atomic mass is 9.75. The fourth-order valence-electron chi connectivity index (χ4n) is 3.95. The molecule has 1 aromatic rings. The highest BCUT2D eigenvalue weighted by atomic mass is 19.1. The Balaban J connectivity index is 1.71. The van der Waals surface area contributed by atoms with E-state index in [2.05, 4.69) is 4.90 Å². The van der Waals surface area contributed by atoms with Gasteiger partial charge in [0, 0.05) is 13.1 Å². The van der Waals surface area contributed by atoms with Crippen molar-refractivity contribution in [3.8, 4) is 0 Å². The average Bonchev–Trinajstić information content (AvgIpc) is 2.49. The van der Waals surface area contributed by atoms with E-state index in [1.807, 2.05) is 0 Å². The van der Waals surface area contributed by atoms with Crippen LogP contribution in [-0.2, 0) is 6.54 Å². The molecule has 3 rings (SSSR count). The maximum Gasteiger partial charge on any atom is 0.336 e. The molecule has 0 radical (unpaired) electrons. The number of fused-ring (bicyclic) bond motifs is 1. The van der Waals surface area contributed by atoms with Crippen molar-refractivity contribution >= 4 is 5.97 Å². The van der Waals surface area contributed by atoms with Crippen LogP contribution in [0.5, 0.6) is 0 Å². The van der Waals surface area contributed by atoms with Gasteiger partial charge in [-0.15, -0.1) is 0 Å². The number of likely N-dealkylation sites (tertiary alicyclic amines) is 1. The molecule has 3 nitrogen and oxygen atoms in total. The van der Waals surface area contributed by atoms with E-state index in [0.29, 0.717) is 6.54 Å². The van der Waals surface area contributed by atoms with Gasteiger partial charge in [-0.05, 0) is 48.9 Å². The number of benzene rings is 1. The molecule has 21 heavy (non-hydrogen) atoms. The molecule has 1 aromatic carbocycles. The van der Waals surface area contributed by atoms with Crippen molar-refractivity contribution < 1.29 is 14.3 Å². The summed E-state index contributed by atoms with van der Waals surface area (Å²) in [7, 11) is 0. The summed E-state index contributed by atoms with van der Waals surface area (Å²) in [4.78, 5) is 13.6. The van der Waals surface area contributed by atoms with Crippen molar-refractivity contribution in [2.24, 2.45) is 11.8 Å². The van der Waals surface area contributed by atoms with Gasteiger partial charge < -0.3 is 5.11 Å². The van der Waals surface area contributed by atoms with E-state index in [1.54, 1.807) is 6.07 Å². The van der Waals surface area contributed by atoms with Crippen LogP contribution in [0.15, 0.2) is 18.2 Å². The SMILES string of the molecule is O=C(O)c1cc(F)ccc1CN1CCC2CCCCC2C1. The van der Waals surface area contributed by atoms with E-state index in [0.717, 1.165) is 36.6 Å². The van der Waals surface area contributed by atoms with Crippen molar-refractivity contribution in [3.63, 3.8) is 0 Å². The zero-order valence-electron chi connectivity index (χ0n) is 12.2. The van der Waals surface area contributed by atoms with Gasteiger partial charge >= 0.3 is 5.97 Å². The molecule has 2 atom stereocenters. The van der Waals surface area contributed by atoms with E-state index in [-0.39, 0.29) is 5.56 Å². The first-order valence-electron chi connectivity index (χ1n) is 7.87. The standard InChI is InChI=1S/C17H22FNO2/c18-15-6-5-14(16(9-15)17(20)21)11-19-8-7-12-3-1-2-4-13(12)10-19/h5-6,9,12-13H,1-4,7-8,10-11H2,(H,20,21). The number of aromatic carboxylic acids is 1. The highest BCUT2D eigenvalue weighted by molar-refractivity contribution is 5.89. The van der Waals surface area contributed by atoms with Crippen LogP contribution in [0.25, 0.3) is 0 Å². The molecule has 0 spiro atoms. The third kappa shape index (κ3) is 3.26. The smallest absolute Gasteiger partial charge is 0.336 e. The van der Waals surface area contributed by atoms with E-state index in [9.17, 15) is 14.3 Å². The van der Waals surface area contributed by atoms with Gasteiger partial charge in [0.25, 0.3) is 0 Å². The van der Waals surface area contributed by atoms with Gasteiger partial charge in [0.1, 0.15) is 5.82 Å². The second-order valence-electron chi connectivity index (χ2n) is 6.44. The van der Waals surface area contributed by atoms with Crippen molar-refractivity contribution in [2.75, 3.05) is 13.1 Å². The molecule has 114 valence electrons. The Morgan fingerprint density at radius 2 is 2.00 bits per heavy atom. The van der Waals surface area contributed by atoms with Crippen molar-refractivity contribution in [2.45, 2.75) is 38.6 Å². The predicted molar refractivity (Wildman–Crippen MR) is 78.7 cm³/mol. The molecule has 1 aliphatic carbocycles. The Bertz CT molecular complexity index is 532. The Labute approximate surface area is 124 Å². The summed E-state index contributed by atoms with van der Waals surface area (Å²) in [6, 6.07) is 4.10. The van der Waals surface area contributed by atoms with Gasteiger partial charge in [-0.25, -0.2) is 9.18 Å². The lowest BCUT2D eigenvalue weighted by molar-refractivity contribution is 0.0684. The molecule has 2 fully saturated rings. The van der Waals surface area contributed by atoms with Crippen LogP contribution < -0.4 is 0 Å². The summed E-state index contributed by atoms with van der Waals surface area (Å²) in [6.07, 6.45) is 6.56. The summed E-state index contributed by atoms with van der Waals surface area (Å²) in [5.74, 6) is 0.0996. The minimum absolute atomic E-state index is 0.0979. The van der Waals surface area contributed by atoms with E-state index in [1.165, 1.54) is 38.2 Å². The predicted octanol–water partition coefficient (Wildman–Crippen LogP) is 3.54. The summed E-state index contributed by atoms with van der Waals surface area (Å²) in [5, 5.41) is 9.22. The normalized spacial score (nSPS) is 26.3. The third-order valence-corrected chi connectivity index (χ3v) is 5.07. The van der Waals surface area contributed by atoms with Crippen LogP contribution in [0.3, 0.4) is 0 Å². The second kappa shape index (κ2) is 6.14. The molecule has 4 heteroatoms. The quantitative estimate of drug-likeness (QED) is 0.926. The van der Waals surface area contributed by atoms with Gasteiger partial charge in [-0.3, -0.25) is 4.90 Å². The molecule has 0 aromatic heterocycles. The zero-order valence-corrected chi connectivity index (χ0v) is 12.2. The fraction of sp³-hybridized carbons (Fsp3) is 0.588. The van der Waals surface area contributed by atoms with Gasteiger partial charge in [-0.2, -0.15) is 0 Å². The molecular formula is C17H22FNO2. The summed E-state index contributed by atoms with van der Waals surface area (Å²) in [5.41, 5.74) is 0.818. The summed E-state index contributed by atoms with van der Waals surface area (Å²) >= 11 is 0. The first kappa shape index (κ1) is 14.5. The molecule has 2 unspecified atom stereocenters. The van der Waals surface area contributed by atoms with Gasteiger partial charge in [0.05, 0.1) is 5.56 Å². The molecular weight excluding hydrogens is 269 g/mol. The van der Waals surface area contributed by atoms with Crippen LogP contribution in [0.4, 0.5) is 4.39 Å². The first-order chi connectivity index (χ1) is 10.1. The highest BCUT2D eigenvalue weighted by Gasteiger charge is 2.31. The molecule has 1 saturated heterocycles. The number of piperidine rings is 1. The number of hydrogen-bond acceptors (Lipinski definition) is 2. The second-order valence-corrected chi connectivity index (χ2v) is 6.44. The van der Waals surface area contributed by atoms with E-state index in [4.69, 9.17) is 0 Å². The number of rotatable bonds is 3. The highest BCUT2D eigenvalue weighted by Crippen LogP contribution is 2.36. The van der Waals surface area contributed by atoms with E-state index < -0.39 is 11.8 Å². The number of hydrogen-bond donors (Lipinski definition) is 1. The number of carboxylic acid groups (broad SMARTS) is 1. The molecule has 1 heterocycles. The fourth-order valence-corrected chi connectivity index (χ4v) is 3.95. The van der Waals surface area contributed by atoms with Crippen LogP contribution in [0.1, 0.15) is 48.0 Å². The lowest BCUT2D eigenvalue weighted by Crippen LogP contribution is -2.41. The summed E-state index contributed by atoms with van der Waals surface area (Å²) < 4.78 is 13.2. The first-order valence-corrected chi connectivity index (χ1v) is 7.87. The van der Waals surface area contributed by atoms with Gasteiger partial charge in [0.2, 0.25) is 0 Å². The molecule has 1 aliphatic heterocycles. The molecule has 1 N–H and O–H groups in total. The topological polar surface area (TPSA) is 40.5 Å². The van der Waals surface area contributed by atoms with Crippen molar-refractivity contribution in [1.82, 2.24) is 4.90 Å². The Morgan fingerprint density at radius 1 is 1.24 bits per heavy atom. The van der Waals surface area contributed by atoms with Crippen LogP contribution >= 0.6 is 0 Å². The van der Waals surface area contributed by atoms with Gasteiger partial charge in [-0.1, -0.05) is 25.3 Å². The van der Waals surface area contributed by atoms with Crippen molar-refractivity contribution in [3.05, 3.63) is 35.1 Å². The van der Waals surface area contributed by atoms with Crippen molar-refractivity contribution in [1.29, 1.82) is 0 Å². The number of carbonyl (C=O) groups is 1. The minimum atomic E-state index is -1.04. The zero-order chi connectivity index (χ0) is 14.8. The third-order valence-electron chi connectivity index (χ3n) is 5.07. The number of nitrogens with zero attached hydrogens (tertiary/aromatic N) is 1. The van der Waals surface area contributed by atoms with E-state index >= 15 is 0 Å². The molecule has 0 bridgehead atoms. The monoisotopic (exact) mass is 291 g/mol. The Kier molecular flexibility index (Phi) is 4.24. The average molecular weight is 291 g/mol. The molecule has 2 aliphatic rings.